The van der Waals surface area contributed by atoms with Crippen molar-refractivity contribution in [2.75, 3.05) is 45.8 Å². The summed E-state index contributed by atoms with van der Waals surface area (Å²) >= 11 is 0. The first-order valence-corrected chi connectivity index (χ1v) is 9.00. The van der Waals surface area contributed by atoms with Crippen LogP contribution in [0.2, 0.25) is 0 Å². The van der Waals surface area contributed by atoms with Gasteiger partial charge in [0, 0.05) is 50.9 Å². The first-order valence-electron chi connectivity index (χ1n) is 9.00. The standard InChI is InChI=1S/C19H24N4O3/c1-2-21-10-16(19(25)26)11-22-6-7-23(13-17(22)12-21)18(24)15-5-3-4-14(8-15)9-20/h3-5,8,16-17H,2,6-7,10-13H2,1H3,(H,25,26)/t16-,17-/m0/s1. The lowest BCUT2D eigenvalue weighted by Gasteiger charge is -2.41. The van der Waals surface area contributed by atoms with E-state index in [-0.39, 0.29) is 11.9 Å². The van der Waals surface area contributed by atoms with Gasteiger partial charge in [-0.2, -0.15) is 5.26 Å². The van der Waals surface area contributed by atoms with Crippen molar-refractivity contribution in [3.8, 4) is 6.07 Å². The molecule has 0 radical (unpaired) electrons. The summed E-state index contributed by atoms with van der Waals surface area (Å²) in [5.74, 6) is -1.21. The van der Waals surface area contributed by atoms with Gasteiger partial charge >= 0.3 is 5.97 Å². The lowest BCUT2D eigenvalue weighted by Crippen LogP contribution is -2.57. The van der Waals surface area contributed by atoms with Gasteiger partial charge in [-0.3, -0.25) is 14.5 Å². The molecule has 138 valence electrons. The second-order valence-corrected chi connectivity index (χ2v) is 6.98. The maximum Gasteiger partial charge on any atom is 0.309 e. The Hall–Kier alpha value is -2.43. The molecule has 2 heterocycles. The zero-order valence-electron chi connectivity index (χ0n) is 15.0. The summed E-state index contributed by atoms with van der Waals surface area (Å²) in [7, 11) is 0. The maximum atomic E-state index is 12.8. The van der Waals surface area contributed by atoms with Gasteiger partial charge < -0.3 is 14.9 Å². The number of likely N-dealkylation sites (N-methyl/N-ethyl adjacent to an activating group) is 1. The van der Waals surface area contributed by atoms with Crippen molar-refractivity contribution < 1.29 is 14.7 Å². The van der Waals surface area contributed by atoms with E-state index in [2.05, 4.69) is 15.9 Å². The third kappa shape index (κ3) is 3.87. The van der Waals surface area contributed by atoms with Crippen LogP contribution in [0, 0.1) is 17.2 Å². The monoisotopic (exact) mass is 356 g/mol. The zero-order valence-corrected chi connectivity index (χ0v) is 15.0. The number of hydrogen-bond donors (Lipinski definition) is 1. The van der Waals surface area contributed by atoms with Gasteiger partial charge in [-0.1, -0.05) is 13.0 Å². The summed E-state index contributed by atoms with van der Waals surface area (Å²) in [5, 5.41) is 18.5. The maximum absolute atomic E-state index is 12.8. The molecule has 0 unspecified atom stereocenters. The van der Waals surface area contributed by atoms with Crippen LogP contribution in [0.4, 0.5) is 0 Å². The van der Waals surface area contributed by atoms with Gasteiger partial charge in [-0.15, -0.1) is 0 Å². The molecule has 2 fully saturated rings. The van der Waals surface area contributed by atoms with E-state index < -0.39 is 11.9 Å². The Morgan fingerprint density at radius 3 is 2.73 bits per heavy atom. The summed E-state index contributed by atoms with van der Waals surface area (Å²) < 4.78 is 0. The summed E-state index contributed by atoms with van der Waals surface area (Å²) in [6, 6.07) is 8.98. The Labute approximate surface area is 153 Å². The number of nitriles is 1. The molecule has 0 aliphatic carbocycles. The van der Waals surface area contributed by atoms with Crippen molar-refractivity contribution in [1.82, 2.24) is 14.7 Å². The molecular weight excluding hydrogens is 332 g/mol. The van der Waals surface area contributed by atoms with Crippen LogP contribution in [0.1, 0.15) is 22.8 Å². The number of hydrogen-bond acceptors (Lipinski definition) is 5. The van der Waals surface area contributed by atoms with Crippen molar-refractivity contribution >= 4 is 11.9 Å². The van der Waals surface area contributed by atoms with Crippen LogP contribution in [-0.4, -0.2) is 83.5 Å². The molecule has 2 aliphatic heterocycles. The number of benzene rings is 1. The summed E-state index contributed by atoms with van der Waals surface area (Å²) in [6.45, 7) is 6.51. The van der Waals surface area contributed by atoms with Crippen LogP contribution in [0.3, 0.4) is 0 Å². The van der Waals surface area contributed by atoms with E-state index >= 15 is 0 Å². The number of carbonyl (C=O) groups is 2. The average molecular weight is 356 g/mol. The van der Waals surface area contributed by atoms with Gasteiger partial charge in [-0.25, -0.2) is 0 Å². The molecule has 1 N–H and O–H groups in total. The Kier molecular flexibility index (Phi) is 5.55. The molecule has 0 aromatic heterocycles. The predicted molar refractivity (Wildman–Crippen MR) is 95.7 cm³/mol. The van der Waals surface area contributed by atoms with Gasteiger partial charge in [0.05, 0.1) is 17.6 Å². The summed E-state index contributed by atoms with van der Waals surface area (Å²) in [4.78, 5) is 30.6. The highest BCUT2D eigenvalue weighted by atomic mass is 16.4. The second kappa shape index (κ2) is 7.85. The Morgan fingerprint density at radius 1 is 1.23 bits per heavy atom. The molecule has 7 heteroatoms. The van der Waals surface area contributed by atoms with Crippen molar-refractivity contribution in [3.63, 3.8) is 0 Å². The second-order valence-electron chi connectivity index (χ2n) is 6.98. The number of amides is 1. The highest BCUT2D eigenvalue weighted by Crippen LogP contribution is 2.20. The van der Waals surface area contributed by atoms with Crippen molar-refractivity contribution in [2.24, 2.45) is 5.92 Å². The van der Waals surface area contributed by atoms with E-state index in [1.807, 2.05) is 11.8 Å². The number of aliphatic carboxylic acids is 1. The number of rotatable bonds is 3. The number of carbonyl (C=O) groups excluding carboxylic acids is 1. The zero-order chi connectivity index (χ0) is 18.7. The van der Waals surface area contributed by atoms with Crippen LogP contribution in [-0.2, 0) is 4.79 Å². The van der Waals surface area contributed by atoms with E-state index in [9.17, 15) is 14.7 Å². The Balaban J connectivity index is 1.74. The van der Waals surface area contributed by atoms with E-state index in [1.165, 1.54) is 0 Å². The van der Waals surface area contributed by atoms with Crippen LogP contribution >= 0.6 is 0 Å². The van der Waals surface area contributed by atoms with Crippen molar-refractivity contribution in [2.45, 2.75) is 13.0 Å². The summed E-state index contributed by atoms with van der Waals surface area (Å²) in [6.07, 6.45) is 0. The normalized spacial score (nSPS) is 24.4. The number of carboxylic acid groups (broad SMARTS) is 1. The molecule has 7 nitrogen and oxygen atoms in total. The Bertz CT molecular complexity index is 730. The largest absolute Gasteiger partial charge is 0.481 e. The molecule has 0 spiro atoms. The third-order valence-corrected chi connectivity index (χ3v) is 5.33. The van der Waals surface area contributed by atoms with Gasteiger partial charge in [0.2, 0.25) is 0 Å². The molecule has 2 aliphatic rings. The van der Waals surface area contributed by atoms with Crippen molar-refractivity contribution in [1.29, 1.82) is 5.26 Å². The van der Waals surface area contributed by atoms with Crippen LogP contribution in [0.5, 0.6) is 0 Å². The summed E-state index contributed by atoms with van der Waals surface area (Å²) in [5.41, 5.74) is 1.01. The third-order valence-electron chi connectivity index (χ3n) is 5.33. The molecule has 26 heavy (non-hydrogen) atoms. The number of piperazine rings is 1. The molecule has 1 aromatic rings. The fraction of sp³-hybridized carbons (Fsp3) is 0.526. The van der Waals surface area contributed by atoms with Crippen LogP contribution in [0.25, 0.3) is 0 Å². The Morgan fingerprint density at radius 2 is 2.04 bits per heavy atom. The van der Waals surface area contributed by atoms with Gasteiger partial charge in [0.1, 0.15) is 0 Å². The lowest BCUT2D eigenvalue weighted by atomic mass is 10.1. The lowest BCUT2D eigenvalue weighted by molar-refractivity contribution is -0.142. The first kappa shape index (κ1) is 18.4. The molecule has 2 saturated heterocycles. The highest BCUT2D eigenvalue weighted by molar-refractivity contribution is 5.94. The van der Waals surface area contributed by atoms with Crippen molar-refractivity contribution in [3.05, 3.63) is 35.4 Å². The molecule has 1 aromatic carbocycles. The topological polar surface area (TPSA) is 87.9 Å². The quantitative estimate of drug-likeness (QED) is 0.859. The van der Waals surface area contributed by atoms with Gasteiger partial charge in [0.15, 0.2) is 0 Å². The minimum Gasteiger partial charge on any atom is -0.481 e. The highest BCUT2D eigenvalue weighted by Gasteiger charge is 2.37. The SMILES string of the molecule is CCN1C[C@H](C(=O)O)CN2CCN(C(=O)c3cccc(C#N)c3)C[C@@H]2C1. The minimum absolute atomic E-state index is 0.0659. The molecule has 1 amide bonds. The predicted octanol–water partition coefficient (Wildman–Crippen LogP) is 0.721. The number of nitrogens with zero attached hydrogens (tertiary/aromatic N) is 4. The minimum atomic E-state index is -0.754. The molecule has 3 rings (SSSR count). The fourth-order valence-electron chi connectivity index (χ4n) is 3.83. The number of fused-ring (bicyclic) bond motifs is 1. The van der Waals surface area contributed by atoms with E-state index in [4.69, 9.17) is 5.26 Å². The number of carboxylic acids is 1. The van der Waals surface area contributed by atoms with E-state index in [1.54, 1.807) is 24.3 Å². The van der Waals surface area contributed by atoms with Crippen LogP contribution in [0.15, 0.2) is 24.3 Å². The molecular formula is C19H24N4O3. The average Bonchev–Trinajstić information content (AvgIpc) is 2.86. The van der Waals surface area contributed by atoms with Gasteiger partial charge in [-0.05, 0) is 24.7 Å². The first-order chi connectivity index (χ1) is 12.5. The molecule has 0 bridgehead atoms. The molecule has 0 saturated carbocycles. The smallest absolute Gasteiger partial charge is 0.309 e. The van der Waals surface area contributed by atoms with Crippen LogP contribution < -0.4 is 0 Å². The van der Waals surface area contributed by atoms with Gasteiger partial charge in [0.25, 0.3) is 5.91 Å². The molecule has 2 atom stereocenters. The van der Waals surface area contributed by atoms with E-state index in [0.717, 1.165) is 13.1 Å². The fourth-order valence-corrected chi connectivity index (χ4v) is 3.83. The van der Waals surface area contributed by atoms with E-state index in [0.29, 0.717) is 43.9 Å².